The van der Waals surface area contributed by atoms with E-state index in [1.165, 1.54) is 13.0 Å². The number of carbonyl (C=O) groups is 4. The first-order chi connectivity index (χ1) is 15.8. The van der Waals surface area contributed by atoms with E-state index in [4.69, 9.17) is 14.1 Å². The summed E-state index contributed by atoms with van der Waals surface area (Å²) in [6, 6.07) is 13.1. The normalized spacial score (nSPS) is 14.5. The van der Waals surface area contributed by atoms with Gasteiger partial charge >= 0.3 is 19.1 Å². The Balaban J connectivity index is 1.57. The minimum atomic E-state index is -1.38. The fourth-order valence-electron chi connectivity index (χ4n) is 3.36. The molecule has 1 atom stereocenters. The Hall–Kier alpha value is -3.66. The molecule has 1 amide bonds. The number of esters is 2. The molecule has 0 aliphatic carbocycles. The number of para-hydroxylation sites is 1. The standard InChI is InChI=1S/C23H24BNO8/c1-15(26)7-5-12-20(27)25-19-13-17-10-6-11-18(21(17)33-24(19)30)23(29)32-14-31-22(28)16-8-3-2-4-9-16/h2-4,6,8-11,19,30H,5,7,12-14H2,1H3,(H,25,27). The molecule has 0 spiro atoms. The minimum Gasteiger partial charge on any atom is -0.534 e. The first-order valence-corrected chi connectivity index (χ1v) is 10.5. The lowest BCUT2D eigenvalue weighted by Gasteiger charge is -2.29. The van der Waals surface area contributed by atoms with Gasteiger partial charge in [-0.05, 0) is 43.5 Å². The molecule has 3 rings (SSSR count). The molecule has 2 aromatic carbocycles. The second-order valence-electron chi connectivity index (χ2n) is 7.58. The number of hydrogen-bond acceptors (Lipinski definition) is 8. The summed E-state index contributed by atoms with van der Waals surface area (Å²) in [7, 11) is -1.38. The van der Waals surface area contributed by atoms with E-state index in [0.717, 1.165) is 0 Å². The fraction of sp³-hybridized carbons (Fsp3) is 0.304. The van der Waals surface area contributed by atoms with Crippen LogP contribution >= 0.6 is 0 Å². The van der Waals surface area contributed by atoms with Gasteiger partial charge in [-0.3, -0.25) is 4.79 Å². The van der Waals surface area contributed by atoms with Crippen LogP contribution in [-0.2, 0) is 25.5 Å². The van der Waals surface area contributed by atoms with E-state index in [-0.39, 0.29) is 35.8 Å². The maximum atomic E-state index is 12.5. The molecule has 2 aromatic rings. The highest BCUT2D eigenvalue weighted by Crippen LogP contribution is 2.30. The van der Waals surface area contributed by atoms with Crippen molar-refractivity contribution in [2.75, 3.05) is 6.79 Å². The van der Waals surface area contributed by atoms with Gasteiger partial charge in [0.05, 0.1) is 11.5 Å². The average Bonchev–Trinajstić information content (AvgIpc) is 2.79. The number of ether oxygens (including phenoxy) is 2. The molecule has 0 fully saturated rings. The molecule has 0 saturated carbocycles. The number of Topliss-reactive ketones (excluding diaryl/α,β-unsaturated/α-hetero) is 1. The number of benzene rings is 2. The van der Waals surface area contributed by atoms with E-state index in [9.17, 15) is 24.2 Å². The van der Waals surface area contributed by atoms with Crippen molar-refractivity contribution in [3.63, 3.8) is 0 Å². The summed E-state index contributed by atoms with van der Waals surface area (Å²) in [6.45, 7) is 0.876. The molecular formula is C23H24BNO8. The zero-order valence-electron chi connectivity index (χ0n) is 18.1. The number of fused-ring (bicyclic) bond motifs is 1. The molecule has 0 aromatic heterocycles. The SMILES string of the molecule is CC(=O)CCCC(=O)NC1Cc2cccc(C(=O)OCOC(=O)c3ccccc3)c2OB1O. The van der Waals surface area contributed by atoms with Crippen molar-refractivity contribution in [1.29, 1.82) is 0 Å². The van der Waals surface area contributed by atoms with E-state index >= 15 is 0 Å². The van der Waals surface area contributed by atoms with Crippen LogP contribution in [0.25, 0.3) is 0 Å². The number of nitrogens with one attached hydrogen (secondary N) is 1. The van der Waals surface area contributed by atoms with Crippen molar-refractivity contribution in [2.45, 2.75) is 38.5 Å². The van der Waals surface area contributed by atoms with Gasteiger partial charge in [-0.2, -0.15) is 0 Å². The summed E-state index contributed by atoms with van der Waals surface area (Å²) in [6.07, 6.45) is 1.13. The van der Waals surface area contributed by atoms with Gasteiger partial charge in [0.15, 0.2) is 0 Å². The van der Waals surface area contributed by atoms with Gasteiger partial charge in [-0.25, -0.2) is 9.59 Å². The number of rotatable bonds is 9. The van der Waals surface area contributed by atoms with Gasteiger partial charge in [-0.1, -0.05) is 30.3 Å². The predicted molar refractivity (Wildman–Crippen MR) is 117 cm³/mol. The molecule has 2 N–H and O–H groups in total. The zero-order valence-corrected chi connectivity index (χ0v) is 18.1. The highest BCUT2D eigenvalue weighted by Gasteiger charge is 2.37. The van der Waals surface area contributed by atoms with Crippen molar-refractivity contribution in [2.24, 2.45) is 0 Å². The lowest BCUT2D eigenvalue weighted by Crippen LogP contribution is -2.53. The quantitative estimate of drug-likeness (QED) is 0.335. The van der Waals surface area contributed by atoms with Crippen LogP contribution in [0.1, 0.15) is 52.5 Å². The second-order valence-corrected chi connectivity index (χ2v) is 7.58. The third-order valence-electron chi connectivity index (χ3n) is 5.01. The number of amides is 1. The van der Waals surface area contributed by atoms with E-state index < -0.39 is 31.8 Å². The van der Waals surface area contributed by atoms with Gasteiger partial charge in [-0.15, -0.1) is 0 Å². The molecule has 9 nitrogen and oxygen atoms in total. The molecule has 172 valence electrons. The molecular weight excluding hydrogens is 429 g/mol. The van der Waals surface area contributed by atoms with Crippen LogP contribution in [0.4, 0.5) is 0 Å². The third-order valence-corrected chi connectivity index (χ3v) is 5.01. The van der Waals surface area contributed by atoms with Crippen LogP contribution in [0, 0.1) is 0 Å². The fourth-order valence-corrected chi connectivity index (χ4v) is 3.36. The van der Waals surface area contributed by atoms with Gasteiger partial charge in [0.25, 0.3) is 0 Å². The van der Waals surface area contributed by atoms with E-state index in [1.807, 2.05) is 0 Å². The van der Waals surface area contributed by atoms with Crippen molar-refractivity contribution in [3.8, 4) is 5.75 Å². The highest BCUT2D eigenvalue weighted by molar-refractivity contribution is 6.47. The predicted octanol–water partition coefficient (Wildman–Crippen LogP) is 1.86. The first kappa shape index (κ1) is 24.0. The van der Waals surface area contributed by atoms with Crippen LogP contribution in [0.5, 0.6) is 5.75 Å². The molecule has 0 bridgehead atoms. The molecule has 0 radical (unpaired) electrons. The Morgan fingerprint density at radius 3 is 2.48 bits per heavy atom. The van der Waals surface area contributed by atoms with Gasteiger partial charge < -0.3 is 29.3 Å². The molecule has 10 heteroatoms. The van der Waals surface area contributed by atoms with Gasteiger partial charge in [0.2, 0.25) is 12.7 Å². The molecule has 1 aliphatic rings. The summed E-state index contributed by atoms with van der Waals surface area (Å²) < 4.78 is 15.5. The highest BCUT2D eigenvalue weighted by atomic mass is 16.7. The van der Waals surface area contributed by atoms with Crippen molar-refractivity contribution < 1.29 is 38.3 Å². The second kappa shape index (κ2) is 11.3. The zero-order chi connectivity index (χ0) is 23.8. The minimum absolute atomic E-state index is 0.00649. The van der Waals surface area contributed by atoms with Crippen LogP contribution in [-0.4, -0.2) is 48.5 Å². The summed E-state index contributed by atoms with van der Waals surface area (Å²) in [4.78, 5) is 47.5. The Bertz CT molecular complexity index is 1030. The maximum Gasteiger partial charge on any atom is 0.547 e. The molecule has 1 heterocycles. The van der Waals surface area contributed by atoms with Crippen molar-refractivity contribution in [3.05, 3.63) is 65.2 Å². The van der Waals surface area contributed by atoms with Gasteiger partial charge in [0, 0.05) is 12.8 Å². The molecule has 0 saturated heterocycles. The van der Waals surface area contributed by atoms with E-state index in [0.29, 0.717) is 24.0 Å². The van der Waals surface area contributed by atoms with Crippen molar-refractivity contribution in [1.82, 2.24) is 5.32 Å². The summed E-state index contributed by atoms with van der Waals surface area (Å²) in [5.74, 6) is -2.28. The molecule has 1 aliphatic heterocycles. The largest absolute Gasteiger partial charge is 0.547 e. The van der Waals surface area contributed by atoms with E-state index in [2.05, 4.69) is 5.32 Å². The average molecular weight is 453 g/mol. The summed E-state index contributed by atoms with van der Waals surface area (Å²) in [5, 5.41) is 13.0. The molecule has 1 unspecified atom stereocenters. The van der Waals surface area contributed by atoms with Crippen molar-refractivity contribution >= 4 is 30.7 Å². The lowest BCUT2D eigenvalue weighted by molar-refractivity contribution is -0.121. The molecule has 33 heavy (non-hydrogen) atoms. The number of hydrogen-bond donors (Lipinski definition) is 2. The number of carbonyl (C=O) groups excluding carboxylic acids is 4. The Labute approximate surface area is 191 Å². The summed E-state index contributed by atoms with van der Waals surface area (Å²) >= 11 is 0. The Kier molecular flexibility index (Phi) is 8.20. The maximum absolute atomic E-state index is 12.5. The van der Waals surface area contributed by atoms with Crippen LogP contribution in [0.15, 0.2) is 48.5 Å². The Morgan fingerprint density at radius 2 is 1.76 bits per heavy atom. The van der Waals surface area contributed by atoms with Crippen LogP contribution < -0.4 is 9.97 Å². The van der Waals surface area contributed by atoms with Gasteiger partial charge in [0.1, 0.15) is 17.1 Å². The monoisotopic (exact) mass is 453 g/mol. The van der Waals surface area contributed by atoms with E-state index in [1.54, 1.807) is 42.5 Å². The number of ketones is 1. The topological polar surface area (TPSA) is 128 Å². The lowest BCUT2D eigenvalue weighted by atomic mass is 9.72. The smallest absolute Gasteiger partial charge is 0.534 e. The van der Waals surface area contributed by atoms with Crippen LogP contribution in [0.2, 0.25) is 0 Å². The van der Waals surface area contributed by atoms with Crippen LogP contribution in [0.3, 0.4) is 0 Å². The Morgan fingerprint density at radius 1 is 1.03 bits per heavy atom. The summed E-state index contributed by atoms with van der Waals surface area (Å²) in [5.41, 5.74) is 0.991. The first-order valence-electron chi connectivity index (χ1n) is 10.5. The third kappa shape index (κ3) is 6.66.